The van der Waals surface area contributed by atoms with E-state index in [0.29, 0.717) is 0 Å². The van der Waals surface area contributed by atoms with Crippen molar-refractivity contribution in [3.05, 3.63) is 29.6 Å². The summed E-state index contributed by atoms with van der Waals surface area (Å²) in [5.74, 6) is -1.09. The van der Waals surface area contributed by atoms with Gasteiger partial charge in [-0.2, -0.15) is 0 Å². The molecule has 0 saturated carbocycles. The van der Waals surface area contributed by atoms with E-state index in [9.17, 15) is 13.2 Å². The molecule has 2 aromatic rings. The molecule has 0 aliphatic rings. The second kappa shape index (κ2) is 4.59. The topological polar surface area (TPSA) is 61.3 Å². The Hall–Kier alpha value is -2.18. The van der Waals surface area contributed by atoms with Crippen molar-refractivity contribution in [2.45, 2.75) is 6.43 Å². The summed E-state index contributed by atoms with van der Waals surface area (Å²) in [7, 11) is 1.23. The molecular weight excluding hydrogens is 249 g/mol. The van der Waals surface area contributed by atoms with Crippen LogP contribution in [0.4, 0.5) is 19.1 Å². The van der Waals surface area contributed by atoms with Crippen molar-refractivity contribution < 1.29 is 22.4 Å². The third-order valence-corrected chi connectivity index (χ3v) is 2.33. The van der Waals surface area contributed by atoms with Crippen LogP contribution in [0.2, 0.25) is 0 Å². The fraction of sp³-hybridized carbons (Fsp3) is 0.182. The molecular formula is C11H9F3N2O2. The molecule has 0 bridgehead atoms. The normalized spacial score (nSPS) is 10.9. The van der Waals surface area contributed by atoms with Gasteiger partial charge in [-0.25, -0.2) is 13.2 Å². The third-order valence-electron chi connectivity index (χ3n) is 2.33. The molecule has 0 radical (unpaired) electrons. The molecule has 7 heteroatoms. The number of ether oxygens (including phenoxy) is 1. The summed E-state index contributed by atoms with van der Waals surface area (Å²) in [6, 6.07) is 3.10. The van der Waals surface area contributed by atoms with Crippen LogP contribution in [0.3, 0.4) is 0 Å². The molecule has 2 N–H and O–H groups in total. The molecule has 0 fully saturated rings. The molecule has 0 amide bonds. The van der Waals surface area contributed by atoms with Crippen LogP contribution in [0, 0.1) is 5.82 Å². The van der Waals surface area contributed by atoms with Gasteiger partial charge in [0.1, 0.15) is 5.69 Å². The van der Waals surface area contributed by atoms with Crippen LogP contribution in [0.5, 0.6) is 5.75 Å². The second-order valence-corrected chi connectivity index (χ2v) is 3.50. The molecule has 18 heavy (non-hydrogen) atoms. The average molecular weight is 258 g/mol. The number of nitrogen functional groups attached to an aromatic ring is 1. The maximum Gasteiger partial charge on any atom is 0.263 e. The van der Waals surface area contributed by atoms with E-state index >= 15 is 0 Å². The van der Waals surface area contributed by atoms with Crippen molar-refractivity contribution in [1.29, 1.82) is 0 Å². The summed E-state index contributed by atoms with van der Waals surface area (Å²) in [4.78, 5) is 0. The highest BCUT2D eigenvalue weighted by Crippen LogP contribution is 2.36. The van der Waals surface area contributed by atoms with E-state index in [1.54, 1.807) is 0 Å². The summed E-state index contributed by atoms with van der Waals surface area (Å²) < 4.78 is 48.3. The van der Waals surface area contributed by atoms with Crippen LogP contribution < -0.4 is 10.5 Å². The number of hydrogen-bond acceptors (Lipinski definition) is 4. The molecule has 0 aliphatic carbocycles. The van der Waals surface area contributed by atoms with E-state index in [2.05, 4.69) is 9.68 Å². The van der Waals surface area contributed by atoms with Gasteiger partial charge in [-0.05, 0) is 12.1 Å². The first kappa shape index (κ1) is 12.3. The van der Waals surface area contributed by atoms with Crippen molar-refractivity contribution in [2.24, 2.45) is 0 Å². The lowest BCUT2D eigenvalue weighted by molar-refractivity contribution is 0.151. The van der Waals surface area contributed by atoms with Crippen LogP contribution >= 0.6 is 0 Å². The van der Waals surface area contributed by atoms with Crippen molar-refractivity contribution >= 4 is 5.88 Å². The number of halogens is 3. The van der Waals surface area contributed by atoms with Crippen molar-refractivity contribution in [2.75, 3.05) is 12.8 Å². The SMILES string of the molecule is COc1c(F)cc(C(F)F)cc1-c1cc(N)on1. The average Bonchev–Trinajstić information content (AvgIpc) is 2.74. The molecule has 2 rings (SSSR count). The van der Waals surface area contributed by atoms with Crippen molar-refractivity contribution in [1.82, 2.24) is 5.16 Å². The maximum atomic E-state index is 13.6. The Morgan fingerprint density at radius 2 is 2.06 bits per heavy atom. The van der Waals surface area contributed by atoms with E-state index in [1.165, 1.54) is 13.2 Å². The number of aromatic nitrogens is 1. The summed E-state index contributed by atoms with van der Waals surface area (Å²) >= 11 is 0. The number of benzene rings is 1. The molecule has 0 unspecified atom stereocenters. The maximum absolute atomic E-state index is 13.6. The number of methoxy groups -OCH3 is 1. The number of rotatable bonds is 3. The predicted molar refractivity (Wildman–Crippen MR) is 57.8 cm³/mol. The van der Waals surface area contributed by atoms with E-state index in [-0.39, 0.29) is 22.9 Å². The van der Waals surface area contributed by atoms with Gasteiger partial charge in [-0.3, -0.25) is 0 Å². The van der Waals surface area contributed by atoms with Gasteiger partial charge >= 0.3 is 0 Å². The number of hydrogen-bond donors (Lipinski definition) is 1. The lowest BCUT2D eigenvalue weighted by Gasteiger charge is -2.09. The minimum absolute atomic E-state index is 0.00471. The number of alkyl halides is 2. The predicted octanol–water partition coefficient (Wildman–Crippen LogP) is 3.01. The van der Waals surface area contributed by atoms with Gasteiger partial charge < -0.3 is 15.0 Å². The van der Waals surface area contributed by atoms with Crippen LogP contribution in [-0.4, -0.2) is 12.3 Å². The van der Waals surface area contributed by atoms with Crippen molar-refractivity contribution in [3.63, 3.8) is 0 Å². The molecule has 4 nitrogen and oxygen atoms in total. The number of anilines is 1. The standard InChI is InChI=1S/C11H9F3N2O2/c1-17-10-6(8-4-9(15)18-16-8)2-5(11(13)14)3-7(10)12/h2-4,11H,15H2,1H3. The summed E-state index contributed by atoms with van der Waals surface area (Å²) in [5, 5.41) is 3.54. The van der Waals surface area contributed by atoms with Gasteiger partial charge in [0.25, 0.3) is 6.43 Å². The Morgan fingerprint density at radius 3 is 2.56 bits per heavy atom. The van der Waals surface area contributed by atoms with Crippen molar-refractivity contribution in [3.8, 4) is 17.0 Å². The fourth-order valence-corrected chi connectivity index (χ4v) is 1.55. The van der Waals surface area contributed by atoms with Crippen LogP contribution in [0.25, 0.3) is 11.3 Å². The molecule has 0 atom stereocenters. The molecule has 96 valence electrons. The third kappa shape index (κ3) is 2.11. The van der Waals surface area contributed by atoms with E-state index in [1.807, 2.05) is 0 Å². The lowest BCUT2D eigenvalue weighted by Crippen LogP contribution is -1.96. The Bertz CT molecular complexity index is 569. The second-order valence-electron chi connectivity index (χ2n) is 3.50. The Labute approximate surface area is 100 Å². The quantitative estimate of drug-likeness (QED) is 0.919. The van der Waals surface area contributed by atoms with Gasteiger partial charge in [0, 0.05) is 17.2 Å². The first-order valence-electron chi connectivity index (χ1n) is 4.91. The molecule has 1 aromatic heterocycles. The first-order chi connectivity index (χ1) is 8.52. The minimum atomic E-state index is -2.80. The lowest BCUT2D eigenvalue weighted by atomic mass is 10.1. The highest BCUT2D eigenvalue weighted by Gasteiger charge is 2.19. The van der Waals surface area contributed by atoms with Gasteiger partial charge in [0.05, 0.1) is 7.11 Å². The zero-order valence-corrected chi connectivity index (χ0v) is 9.28. The monoisotopic (exact) mass is 258 g/mol. The number of nitrogens with zero attached hydrogens (tertiary/aromatic N) is 1. The van der Waals surface area contributed by atoms with Crippen LogP contribution in [0.1, 0.15) is 12.0 Å². The molecule has 1 aromatic carbocycles. The Balaban J connectivity index is 2.63. The molecule has 0 aliphatic heterocycles. The fourth-order valence-electron chi connectivity index (χ4n) is 1.55. The van der Waals surface area contributed by atoms with Gasteiger partial charge in [0.15, 0.2) is 11.6 Å². The molecule has 1 heterocycles. The number of nitrogens with two attached hydrogens (primary N) is 1. The van der Waals surface area contributed by atoms with E-state index < -0.39 is 17.8 Å². The Kier molecular flexibility index (Phi) is 3.14. The Morgan fingerprint density at radius 1 is 1.33 bits per heavy atom. The first-order valence-corrected chi connectivity index (χ1v) is 4.91. The minimum Gasteiger partial charge on any atom is -0.493 e. The highest BCUT2D eigenvalue weighted by atomic mass is 19.3. The summed E-state index contributed by atoms with van der Waals surface area (Å²) in [6.45, 7) is 0. The zero-order chi connectivity index (χ0) is 13.3. The highest BCUT2D eigenvalue weighted by molar-refractivity contribution is 5.69. The van der Waals surface area contributed by atoms with Gasteiger partial charge in [-0.1, -0.05) is 5.16 Å². The summed E-state index contributed by atoms with van der Waals surface area (Å²) in [6.07, 6.45) is -2.80. The van der Waals surface area contributed by atoms with E-state index in [0.717, 1.165) is 12.1 Å². The van der Waals surface area contributed by atoms with Gasteiger partial charge in [-0.15, -0.1) is 0 Å². The largest absolute Gasteiger partial charge is 0.493 e. The summed E-state index contributed by atoms with van der Waals surface area (Å²) in [5.41, 5.74) is 5.06. The molecule has 0 saturated heterocycles. The van der Waals surface area contributed by atoms with Crippen LogP contribution in [0.15, 0.2) is 22.7 Å². The van der Waals surface area contributed by atoms with E-state index in [4.69, 9.17) is 10.5 Å². The molecule has 0 spiro atoms. The zero-order valence-electron chi connectivity index (χ0n) is 9.28. The van der Waals surface area contributed by atoms with Crippen LogP contribution in [-0.2, 0) is 0 Å². The smallest absolute Gasteiger partial charge is 0.263 e. The van der Waals surface area contributed by atoms with Gasteiger partial charge in [0.2, 0.25) is 5.88 Å².